The number of carbonyl (C=O) groups excluding carboxylic acids is 3. The predicted octanol–water partition coefficient (Wildman–Crippen LogP) is 5.18. The highest BCUT2D eigenvalue weighted by atomic mass is 32.2. The molecule has 0 spiro atoms. The zero-order valence-electron chi connectivity index (χ0n) is 31.5. The van der Waals surface area contributed by atoms with Crippen molar-refractivity contribution in [3.63, 3.8) is 0 Å². The van der Waals surface area contributed by atoms with E-state index in [4.69, 9.17) is 14.5 Å². The first kappa shape index (κ1) is 37.9. The van der Waals surface area contributed by atoms with Gasteiger partial charge in [0, 0.05) is 43.5 Å². The summed E-state index contributed by atoms with van der Waals surface area (Å²) >= 11 is 0. The minimum absolute atomic E-state index is 0.0427. The van der Waals surface area contributed by atoms with Crippen molar-refractivity contribution in [1.82, 2.24) is 19.5 Å². The summed E-state index contributed by atoms with van der Waals surface area (Å²) < 4.78 is 40.4. The summed E-state index contributed by atoms with van der Waals surface area (Å²) in [4.78, 5) is 53.5. The van der Waals surface area contributed by atoms with Gasteiger partial charge in [0.05, 0.1) is 18.9 Å². The SMILES string of the molecule is C=C[C@@H]1C[C@@]1(C(=O)NS(=O)(=O)C1CC1)N(C(=O)[C@@H](Nc1ccccc1)C(C)(C)C)C(=O)N1C[C@H](Oc2nc(N(C)C)cc3cc(OC)ccc23)CC1C. The number of carbonyl (C=O) groups is 3. The number of hydrogen-bond donors (Lipinski definition) is 2. The molecule has 1 saturated heterocycles. The molecule has 3 fully saturated rings. The summed E-state index contributed by atoms with van der Waals surface area (Å²) in [5, 5.41) is 4.26. The number of nitrogens with zero attached hydrogens (tertiary/aromatic N) is 4. The lowest BCUT2D eigenvalue weighted by molar-refractivity contribution is -0.141. The van der Waals surface area contributed by atoms with Crippen LogP contribution in [-0.2, 0) is 19.6 Å². The fourth-order valence-corrected chi connectivity index (χ4v) is 8.41. The van der Waals surface area contributed by atoms with Crippen LogP contribution in [0.4, 0.5) is 16.3 Å². The van der Waals surface area contributed by atoms with Gasteiger partial charge in [-0.15, -0.1) is 6.58 Å². The van der Waals surface area contributed by atoms with Crippen LogP contribution in [0.3, 0.4) is 0 Å². The number of hydrogen-bond acceptors (Lipinski definition) is 10. The second-order valence-electron chi connectivity index (χ2n) is 15.7. The van der Waals surface area contributed by atoms with Gasteiger partial charge in [0.2, 0.25) is 15.9 Å². The van der Waals surface area contributed by atoms with Crippen molar-refractivity contribution in [2.75, 3.05) is 38.0 Å². The molecule has 1 unspecified atom stereocenters. The average molecular weight is 747 g/mol. The van der Waals surface area contributed by atoms with Gasteiger partial charge >= 0.3 is 6.03 Å². The summed E-state index contributed by atoms with van der Waals surface area (Å²) in [7, 11) is 1.37. The van der Waals surface area contributed by atoms with Crippen LogP contribution in [0.15, 0.2) is 67.3 Å². The topological polar surface area (TPSA) is 150 Å². The van der Waals surface area contributed by atoms with Gasteiger partial charge in [-0.25, -0.2) is 18.1 Å². The number of ether oxygens (including phenoxy) is 2. The highest BCUT2D eigenvalue weighted by Crippen LogP contribution is 2.52. The van der Waals surface area contributed by atoms with Crippen molar-refractivity contribution in [2.24, 2.45) is 11.3 Å². The summed E-state index contributed by atoms with van der Waals surface area (Å²) in [5.74, 6) is -0.460. The van der Waals surface area contributed by atoms with Crippen molar-refractivity contribution in [2.45, 2.75) is 82.4 Å². The fourth-order valence-electron chi connectivity index (χ4n) is 7.05. The number of anilines is 2. The van der Waals surface area contributed by atoms with E-state index in [9.17, 15) is 13.2 Å². The molecule has 6 rings (SSSR count). The molecule has 284 valence electrons. The first-order chi connectivity index (χ1) is 25.0. The monoisotopic (exact) mass is 746 g/mol. The Morgan fingerprint density at radius 2 is 1.79 bits per heavy atom. The number of methoxy groups -OCH3 is 1. The molecule has 2 heterocycles. The molecule has 4 amide bonds. The third-order valence-corrected chi connectivity index (χ3v) is 12.2. The Morgan fingerprint density at radius 3 is 2.38 bits per heavy atom. The molecule has 5 atom stereocenters. The number of pyridine rings is 1. The molecule has 2 aliphatic carbocycles. The Bertz CT molecular complexity index is 2010. The minimum Gasteiger partial charge on any atom is -0.497 e. The number of rotatable bonds is 12. The van der Waals surface area contributed by atoms with Crippen LogP contribution in [0, 0.1) is 11.3 Å². The zero-order chi connectivity index (χ0) is 38.5. The molecular weight excluding hydrogens is 697 g/mol. The van der Waals surface area contributed by atoms with Gasteiger partial charge in [0.25, 0.3) is 11.8 Å². The molecule has 2 N–H and O–H groups in total. The van der Waals surface area contributed by atoms with Gasteiger partial charge in [-0.3, -0.25) is 14.3 Å². The molecular formula is C39H50N6O7S. The van der Waals surface area contributed by atoms with Gasteiger partial charge in [-0.05, 0) is 73.4 Å². The molecule has 14 heteroatoms. The minimum atomic E-state index is -4.00. The molecule has 2 saturated carbocycles. The molecule has 2 aromatic carbocycles. The lowest BCUT2D eigenvalue weighted by Gasteiger charge is -2.40. The lowest BCUT2D eigenvalue weighted by Crippen LogP contribution is -2.64. The number of amides is 4. The molecule has 53 heavy (non-hydrogen) atoms. The maximum atomic E-state index is 15.0. The van der Waals surface area contributed by atoms with E-state index in [0.29, 0.717) is 42.4 Å². The lowest BCUT2D eigenvalue weighted by atomic mass is 9.85. The number of fused-ring (bicyclic) bond motifs is 1. The van der Waals surface area contributed by atoms with Crippen LogP contribution in [0.5, 0.6) is 11.6 Å². The van der Waals surface area contributed by atoms with Gasteiger partial charge in [0.15, 0.2) is 0 Å². The molecule has 13 nitrogen and oxygen atoms in total. The second-order valence-corrected chi connectivity index (χ2v) is 17.6. The number of imide groups is 1. The van der Waals surface area contributed by atoms with E-state index in [1.807, 2.05) is 101 Å². The Labute approximate surface area is 311 Å². The Kier molecular flexibility index (Phi) is 10.1. The van der Waals surface area contributed by atoms with Crippen LogP contribution in [-0.4, -0.2) is 97.8 Å². The van der Waals surface area contributed by atoms with Crippen LogP contribution >= 0.6 is 0 Å². The number of benzene rings is 2. The van der Waals surface area contributed by atoms with E-state index in [-0.39, 0.29) is 13.0 Å². The van der Waals surface area contributed by atoms with Gasteiger partial charge < -0.3 is 24.6 Å². The first-order valence-electron chi connectivity index (χ1n) is 18.0. The van der Waals surface area contributed by atoms with E-state index < -0.39 is 68.2 Å². The highest BCUT2D eigenvalue weighted by Gasteiger charge is 2.68. The molecule has 0 radical (unpaired) electrons. The van der Waals surface area contributed by atoms with Crippen molar-refractivity contribution in [1.29, 1.82) is 0 Å². The van der Waals surface area contributed by atoms with Gasteiger partial charge in [0.1, 0.15) is 29.3 Å². The first-order valence-corrected chi connectivity index (χ1v) is 19.5. The summed E-state index contributed by atoms with van der Waals surface area (Å²) in [6, 6.07) is 14.6. The van der Waals surface area contributed by atoms with Crippen LogP contribution in [0.1, 0.15) is 53.4 Å². The third kappa shape index (κ3) is 7.51. The highest BCUT2D eigenvalue weighted by molar-refractivity contribution is 7.91. The third-order valence-electron chi connectivity index (χ3n) is 10.4. The normalized spacial score (nSPS) is 23.2. The van der Waals surface area contributed by atoms with Crippen LogP contribution in [0.2, 0.25) is 0 Å². The number of aromatic nitrogens is 1. The molecule has 3 aromatic rings. The molecule has 0 bridgehead atoms. The summed E-state index contributed by atoms with van der Waals surface area (Å²) in [6.07, 6.45) is 2.35. The zero-order valence-corrected chi connectivity index (χ0v) is 32.3. The Morgan fingerprint density at radius 1 is 1.09 bits per heavy atom. The molecule has 1 aromatic heterocycles. The fraction of sp³-hybridized carbons (Fsp3) is 0.487. The Balaban J connectivity index is 1.36. The van der Waals surface area contributed by atoms with E-state index >= 15 is 9.59 Å². The van der Waals surface area contributed by atoms with Crippen molar-refractivity contribution in [3.05, 3.63) is 67.3 Å². The number of nitrogens with one attached hydrogen (secondary N) is 2. The van der Waals surface area contributed by atoms with E-state index in [1.54, 1.807) is 7.11 Å². The second kappa shape index (κ2) is 14.2. The van der Waals surface area contributed by atoms with Crippen molar-refractivity contribution in [3.8, 4) is 11.6 Å². The standard InChI is InChI=1S/C39H50N6O7S/c1-9-26-22-39(26,36(47)42-53(49,50)30-16-17-30)45(35(46)33(38(3,4)5)40-27-13-11-10-12-14-27)37(48)44-23-29(19-24(44)2)52-34-31-18-15-28(51-8)20-25(31)21-32(41-34)43(6)7/h9-15,18,20-21,24,26,29-30,33,40H,1,16-17,19,22-23H2,2-8H3,(H,42,47)/t24?,26-,29-,33-,39-/m1/s1. The van der Waals surface area contributed by atoms with E-state index in [0.717, 1.165) is 15.7 Å². The van der Waals surface area contributed by atoms with Gasteiger partial charge in [-0.1, -0.05) is 45.0 Å². The predicted molar refractivity (Wildman–Crippen MR) is 204 cm³/mol. The van der Waals surface area contributed by atoms with E-state index in [1.165, 1.54) is 11.0 Å². The number of sulfonamides is 1. The van der Waals surface area contributed by atoms with Crippen LogP contribution < -0.4 is 24.4 Å². The number of likely N-dealkylation sites (tertiary alicyclic amines) is 1. The molecule has 3 aliphatic rings. The van der Waals surface area contributed by atoms with Crippen molar-refractivity contribution >= 4 is 50.1 Å². The average Bonchev–Trinajstić information content (AvgIpc) is 4.04. The van der Waals surface area contributed by atoms with Crippen LogP contribution in [0.25, 0.3) is 10.8 Å². The van der Waals surface area contributed by atoms with E-state index in [2.05, 4.69) is 16.6 Å². The van der Waals surface area contributed by atoms with Gasteiger partial charge in [-0.2, -0.15) is 4.98 Å². The number of para-hydroxylation sites is 1. The maximum Gasteiger partial charge on any atom is 0.328 e. The largest absolute Gasteiger partial charge is 0.497 e. The maximum absolute atomic E-state index is 15.0. The number of urea groups is 1. The smallest absolute Gasteiger partial charge is 0.328 e. The molecule has 1 aliphatic heterocycles. The quantitative estimate of drug-likeness (QED) is 0.238. The summed E-state index contributed by atoms with van der Waals surface area (Å²) in [6.45, 7) is 11.5. The Hall–Kier alpha value is -4.85. The van der Waals surface area contributed by atoms with Crippen molar-refractivity contribution < 1.29 is 32.3 Å². The summed E-state index contributed by atoms with van der Waals surface area (Å²) in [5.41, 5.74) is -1.88.